The third kappa shape index (κ3) is 3.16. The molecule has 94 valence electrons. The number of hydrogen-bond acceptors (Lipinski definition) is 1. The van der Waals surface area contributed by atoms with Gasteiger partial charge in [-0.25, -0.2) is 4.39 Å². The lowest BCUT2D eigenvalue weighted by molar-refractivity contribution is 0.620. The minimum absolute atomic E-state index is 0.278. The molecule has 2 aromatic carbocycles. The third-order valence-electron chi connectivity index (χ3n) is 2.42. The van der Waals surface area contributed by atoms with Gasteiger partial charge >= 0.3 is 0 Å². The Morgan fingerprint density at radius 1 is 1.17 bits per heavy atom. The van der Waals surface area contributed by atoms with E-state index in [1.54, 1.807) is 18.2 Å². The van der Waals surface area contributed by atoms with Crippen LogP contribution < -0.4 is 5.32 Å². The molecule has 2 aromatic rings. The van der Waals surface area contributed by atoms with Crippen LogP contribution in [0.1, 0.15) is 5.56 Å². The normalized spacial score (nSPS) is 10.4. The van der Waals surface area contributed by atoms with E-state index in [9.17, 15) is 4.39 Å². The molecule has 0 saturated heterocycles. The number of anilines is 1. The zero-order chi connectivity index (χ0) is 13.1. The van der Waals surface area contributed by atoms with E-state index in [-0.39, 0.29) is 5.82 Å². The quantitative estimate of drug-likeness (QED) is 0.771. The summed E-state index contributed by atoms with van der Waals surface area (Å²) < 4.78 is 13.5. The second-order valence-corrected chi connectivity index (χ2v) is 5.34. The van der Waals surface area contributed by atoms with Gasteiger partial charge in [0, 0.05) is 6.54 Å². The molecule has 0 aliphatic heterocycles. The molecule has 0 aromatic heterocycles. The molecule has 0 fully saturated rings. The molecule has 2 rings (SSSR count). The summed E-state index contributed by atoms with van der Waals surface area (Å²) in [5.74, 6) is -0.278. The molecule has 0 saturated carbocycles. The minimum atomic E-state index is -0.278. The summed E-state index contributed by atoms with van der Waals surface area (Å²) in [4.78, 5) is 0. The summed E-state index contributed by atoms with van der Waals surface area (Å²) in [7, 11) is 0. The summed E-state index contributed by atoms with van der Waals surface area (Å²) in [6.07, 6.45) is 0. The molecule has 1 nitrogen and oxygen atoms in total. The van der Waals surface area contributed by atoms with E-state index in [1.165, 1.54) is 6.07 Å². The van der Waals surface area contributed by atoms with Crippen molar-refractivity contribution in [3.63, 3.8) is 0 Å². The highest BCUT2D eigenvalue weighted by Crippen LogP contribution is 2.30. The molecule has 0 radical (unpaired) electrons. The fourth-order valence-electron chi connectivity index (χ4n) is 1.49. The Balaban J connectivity index is 2.11. The van der Waals surface area contributed by atoms with Crippen LogP contribution in [-0.2, 0) is 6.54 Å². The summed E-state index contributed by atoms with van der Waals surface area (Å²) in [6, 6.07) is 10.2. The smallest absolute Gasteiger partial charge is 0.137 e. The Kier molecular flexibility index (Phi) is 4.49. The lowest BCUT2D eigenvalue weighted by Crippen LogP contribution is -2.00. The highest BCUT2D eigenvalue weighted by Gasteiger charge is 2.05. The van der Waals surface area contributed by atoms with Crippen molar-refractivity contribution >= 4 is 44.8 Å². The SMILES string of the molecule is Fc1ccc(CNc2cccc(Cl)c2Cl)cc1Br. The summed E-state index contributed by atoms with van der Waals surface area (Å²) in [5.41, 5.74) is 1.70. The van der Waals surface area contributed by atoms with E-state index in [2.05, 4.69) is 21.2 Å². The monoisotopic (exact) mass is 347 g/mol. The average molecular weight is 349 g/mol. The predicted molar refractivity (Wildman–Crippen MR) is 77.9 cm³/mol. The number of halogens is 4. The maximum absolute atomic E-state index is 13.1. The Morgan fingerprint density at radius 2 is 1.94 bits per heavy atom. The van der Waals surface area contributed by atoms with Crippen molar-refractivity contribution in [1.29, 1.82) is 0 Å². The van der Waals surface area contributed by atoms with Crippen LogP contribution in [0.4, 0.5) is 10.1 Å². The molecule has 0 bridgehead atoms. The van der Waals surface area contributed by atoms with Crippen LogP contribution in [-0.4, -0.2) is 0 Å². The first-order chi connectivity index (χ1) is 8.58. The fraction of sp³-hybridized carbons (Fsp3) is 0.0769. The molecular weight excluding hydrogens is 340 g/mol. The molecule has 5 heteroatoms. The maximum atomic E-state index is 13.1. The predicted octanol–water partition coefficient (Wildman–Crippen LogP) is 5.51. The van der Waals surface area contributed by atoms with Gasteiger partial charge in [-0.15, -0.1) is 0 Å². The minimum Gasteiger partial charge on any atom is -0.380 e. The van der Waals surface area contributed by atoms with Crippen LogP contribution in [0.15, 0.2) is 40.9 Å². The Bertz CT molecular complexity index is 575. The second kappa shape index (κ2) is 5.91. The molecule has 0 amide bonds. The van der Waals surface area contributed by atoms with Gasteiger partial charge in [-0.1, -0.05) is 35.3 Å². The van der Waals surface area contributed by atoms with Crippen molar-refractivity contribution < 1.29 is 4.39 Å². The van der Waals surface area contributed by atoms with E-state index in [1.807, 2.05) is 12.1 Å². The van der Waals surface area contributed by atoms with Crippen molar-refractivity contribution in [3.8, 4) is 0 Å². The van der Waals surface area contributed by atoms with E-state index in [4.69, 9.17) is 23.2 Å². The average Bonchev–Trinajstić information content (AvgIpc) is 2.35. The summed E-state index contributed by atoms with van der Waals surface area (Å²) in [6.45, 7) is 0.541. The Labute approximate surface area is 123 Å². The van der Waals surface area contributed by atoms with Gasteiger partial charge in [-0.05, 0) is 45.8 Å². The van der Waals surface area contributed by atoms with E-state index in [0.29, 0.717) is 21.1 Å². The van der Waals surface area contributed by atoms with Gasteiger partial charge in [0.2, 0.25) is 0 Å². The standard InChI is InChI=1S/C13H9BrCl2FN/c14-9-6-8(4-5-11(9)17)7-18-12-3-1-2-10(15)13(12)16/h1-6,18H,7H2. The number of nitrogens with one attached hydrogen (secondary N) is 1. The lowest BCUT2D eigenvalue weighted by atomic mass is 10.2. The van der Waals surface area contributed by atoms with Crippen LogP contribution in [0.2, 0.25) is 10.0 Å². The molecular formula is C13H9BrCl2FN. The zero-order valence-corrected chi connectivity index (χ0v) is 12.3. The number of rotatable bonds is 3. The van der Waals surface area contributed by atoms with Crippen LogP contribution in [0.5, 0.6) is 0 Å². The van der Waals surface area contributed by atoms with Crippen LogP contribution in [0.3, 0.4) is 0 Å². The molecule has 0 unspecified atom stereocenters. The fourth-order valence-corrected chi connectivity index (χ4v) is 2.28. The summed E-state index contributed by atoms with van der Waals surface area (Å²) >= 11 is 15.1. The van der Waals surface area contributed by atoms with E-state index >= 15 is 0 Å². The van der Waals surface area contributed by atoms with Crippen molar-refractivity contribution in [2.24, 2.45) is 0 Å². The molecule has 0 atom stereocenters. The highest BCUT2D eigenvalue weighted by atomic mass is 79.9. The van der Waals surface area contributed by atoms with Crippen LogP contribution in [0.25, 0.3) is 0 Å². The second-order valence-electron chi connectivity index (χ2n) is 3.70. The van der Waals surface area contributed by atoms with E-state index < -0.39 is 0 Å². The van der Waals surface area contributed by atoms with Crippen molar-refractivity contribution in [2.45, 2.75) is 6.54 Å². The van der Waals surface area contributed by atoms with Crippen LogP contribution >= 0.6 is 39.1 Å². The van der Waals surface area contributed by atoms with Gasteiger partial charge in [-0.2, -0.15) is 0 Å². The lowest BCUT2D eigenvalue weighted by Gasteiger charge is -2.09. The van der Waals surface area contributed by atoms with E-state index in [0.717, 1.165) is 11.3 Å². The summed E-state index contributed by atoms with van der Waals surface area (Å²) in [5, 5.41) is 4.15. The molecule has 1 N–H and O–H groups in total. The first-order valence-corrected chi connectivity index (χ1v) is 6.74. The molecule has 0 heterocycles. The van der Waals surface area contributed by atoms with Crippen molar-refractivity contribution in [3.05, 3.63) is 62.3 Å². The maximum Gasteiger partial charge on any atom is 0.137 e. The van der Waals surface area contributed by atoms with Gasteiger partial charge in [-0.3, -0.25) is 0 Å². The first kappa shape index (κ1) is 13.7. The van der Waals surface area contributed by atoms with Gasteiger partial charge in [0.15, 0.2) is 0 Å². The van der Waals surface area contributed by atoms with Crippen molar-refractivity contribution in [2.75, 3.05) is 5.32 Å². The molecule has 18 heavy (non-hydrogen) atoms. The van der Waals surface area contributed by atoms with Gasteiger partial charge < -0.3 is 5.32 Å². The first-order valence-electron chi connectivity index (χ1n) is 5.20. The molecule has 0 aliphatic carbocycles. The van der Waals surface area contributed by atoms with Gasteiger partial charge in [0.25, 0.3) is 0 Å². The highest BCUT2D eigenvalue weighted by molar-refractivity contribution is 9.10. The zero-order valence-electron chi connectivity index (χ0n) is 9.18. The van der Waals surface area contributed by atoms with Crippen molar-refractivity contribution in [1.82, 2.24) is 0 Å². The molecule has 0 spiro atoms. The molecule has 0 aliphatic rings. The van der Waals surface area contributed by atoms with Gasteiger partial charge in [0.05, 0.1) is 20.2 Å². The Morgan fingerprint density at radius 3 is 2.67 bits per heavy atom. The topological polar surface area (TPSA) is 12.0 Å². The van der Waals surface area contributed by atoms with Crippen LogP contribution in [0, 0.1) is 5.82 Å². The third-order valence-corrected chi connectivity index (χ3v) is 3.85. The number of hydrogen-bond donors (Lipinski definition) is 1. The van der Waals surface area contributed by atoms with Gasteiger partial charge in [0.1, 0.15) is 5.82 Å². The number of benzene rings is 2. The largest absolute Gasteiger partial charge is 0.380 e. The Hall–Kier alpha value is -0.770.